The Labute approximate surface area is 165 Å². The number of nitrogens with zero attached hydrogens (tertiary/aromatic N) is 6. The maximum Gasteiger partial charge on any atom is 0.322 e. The van der Waals surface area contributed by atoms with Crippen molar-refractivity contribution in [2.75, 3.05) is 32.5 Å². The molecule has 0 aliphatic heterocycles. The molecular weight excluding hydrogens is 354 g/mol. The van der Waals surface area contributed by atoms with Gasteiger partial charge in [0.1, 0.15) is 0 Å². The number of urea groups is 1. The Hall–Kier alpha value is -3.00. The lowest BCUT2D eigenvalue weighted by Crippen LogP contribution is -2.39. The normalized spacial score (nSPS) is 11.4. The van der Waals surface area contributed by atoms with E-state index in [2.05, 4.69) is 39.1 Å². The van der Waals surface area contributed by atoms with Crippen LogP contribution in [-0.2, 0) is 6.54 Å². The summed E-state index contributed by atoms with van der Waals surface area (Å²) in [6.07, 6.45) is 6.96. The van der Waals surface area contributed by atoms with Crippen molar-refractivity contribution in [1.82, 2.24) is 29.5 Å². The first-order valence-corrected chi connectivity index (χ1v) is 9.37. The van der Waals surface area contributed by atoms with Crippen molar-refractivity contribution >= 4 is 22.8 Å². The summed E-state index contributed by atoms with van der Waals surface area (Å²) in [4.78, 5) is 25.4. The number of aromatic nitrogens is 4. The first-order valence-electron chi connectivity index (χ1n) is 9.37. The zero-order valence-corrected chi connectivity index (χ0v) is 16.8. The van der Waals surface area contributed by atoms with Gasteiger partial charge in [0.05, 0.1) is 18.1 Å². The summed E-state index contributed by atoms with van der Waals surface area (Å²) in [6, 6.07) is 5.81. The van der Waals surface area contributed by atoms with E-state index >= 15 is 0 Å². The highest BCUT2D eigenvalue weighted by molar-refractivity contribution is 5.91. The van der Waals surface area contributed by atoms with E-state index in [0.717, 1.165) is 23.1 Å². The number of amides is 2. The maximum absolute atomic E-state index is 12.9. The van der Waals surface area contributed by atoms with Gasteiger partial charge in [-0.2, -0.15) is 5.10 Å². The van der Waals surface area contributed by atoms with Gasteiger partial charge in [-0.15, -0.1) is 0 Å². The lowest BCUT2D eigenvalue weighted by atomic mass is 10.2. The predicted octanol–water partition coefficient (Wildman–Crippen LogP) is 3.00. The first-order chi connectivity index (χ1) is 13.4. The van der Waals surface area contributed by atoms with Crippen molar-refractivity contribution in [2.45, 2.75) is 26.4 Å². The standard InChI is InChI=1S/C20H27N7O/c1-15(2)27-19-17(12-23-27)10-18(13-22-19)24-20(28)26(9-8-25(3)4)14-16-6-5-7-21-11-16/h5-7,10-13,15H,8-9,14H2,1-4H3,(H,24,28). The molecule has 0 fully saturated rings. The molecule has 0 spiro atoms. The average molecular weight is 381 g/mol. The topological polar surface area (TPSA) is 79.2 Å². The van der Waals surface area contributed by atoms with Crippen molar-refractivity contribution in [1.29, 1.82) is 0 Å². The molecule has 148 valence electrons. The Morgan fingerprint density at radius 2 is 2.04 bits per heavy atom. The maximum atomic E-state index is 12.9. The lowest BCUT2D eigenvalue weighted by molar-refractivity contribution is 0.202. The van der Waals surface area contributed by atoms with Gasteiger partial charge in [-0.1, -0.05) is 6.07 Å². The minimum Gasteiger partial charge on any atom is -0.319 e. The smallest absolute Gasteiger partial charge is 0.319 e. The van der Waals surface area contributed by atoms with Crippen molar-refractivity contribution in [3.05, 3.63) is 48.5 Å². The first kappa shape index (κ1) is 19.8. The molecule has 0 aliphatic rings. The van der Waals surface area contributed by atoms with E-state index in [1.807, 2.05) is 37.0 Å². The summed E-state index contributed by atoms with van der Waals surface area (Å²) >= 11 is 0. The molecular formula is C20H27N7O. The molecule has 8 heteroatoms. The van der Waals surface area contributed by atoms with Crippen LogP contribution in [0.5, 0.6) is 0 Å². The van der Waals surface area contributed by atoms with E-state index in [1.54, 1.807) is 29.7 Å². The van der Waals surface area contributed by atoms with Crippen LogP contribution in [0, 0.1) is 0 Å². The highest BCUT2D eigenvalue weighted by atomic mass is 16.2. The van der Waals surface area contributed by atoms with Crippen LogP contribution < -0.4 is 5.32 Å². The summed E-state index contributed by atoms with van der Waals surface area (Å²) in [7, 11) is 3.98. The molecule has 28 heavy (non-hydrogen) atoms. The summed E-state index contributed by atoms with van der Waals surface area (Å²) < 4.78 is 1.87. The number of carbonyl (C=O) groups excluding carboxylic acids is 1. The largest absolute Gasteiger partial charge is 0.322 e. The number of carbonyl (C=O) groups is 1. The molecule has 3 aromatic heterocycles. The van der Waals surface area contributed by atoms with E-state index in [0.29, 0.717) is 18.8 Å². The minimum absolute atomic E-state index is 0.164. The molecule has 0 atom stereocenters. The van der Waals surface area contributed by atoms with Crippen LogP contribution in [0.2, 0.25) is 0 Å². The van der Waals surface area contributed by atoms with Gasteiger partial charge < -0.3 is 15.1 Å². The average Bonchev–Trinajstić information content (AvgIpc) is 3.09. The summed E-state index contributed by atoms with van der Waals surface area (Å²) in [5.74, 6) is 0. The molecule has 0 saturated carbocycles. The second-order valence-electron chi connectivity index (χ2n) is 7.34. The molecule has 1 N–H and O–H groups in total. The Bertz CT molecular complexity index is 921. The number of anilines is 1. The minimum atomic E-state index is -0.164. The molecule has 2 amide bonds. The van der Waals surface area contributed by atoms with Crippen LogP contribution >= 0.6 is 0 Å². The fraction of sp³-hybridized carbons (Fsp3) is 0.400. The SMILES string of the molecule is CC(C)n1ncc2cc(NC(=O)N(CCN(C)C)Cc3cccnc3)cnc21. The van der Waals surface area contributed by atoms with Crippen LogP contribution in [0.25, 0.3) is 11.0 Å². The summed E-state index contributed by atoms with van der Waals surface area (Å²) in [5, 5.41) is 8.24. The summed E-state index contributed by atoms with van der Waals surface area (Å²) in [5.41, 5.74) is 2.46. The van der Waals surface area contributed by atoms with Crippen molar-refractivity contribution in [3.8, 4) is 0 Å². The van der Waals surface area contributed by atoms with Gasteiger partial charge >= 0.3 is 6.03 Å². The predicted molar refractivity (Wildman–Crippen MR) is 110 cm³/mol. The molecule has 0 bridgehead atoms. The van der Waals surface area contributed by atoms with Gasteiger partial charge in [-0.05, 0) is 45.6 Å². The number of pyridine rings is 2. The molecule has 8 nitrogen and oxygen atoms in total. The fourth-order valence-electron chi connectivity index (χ4n) is 2.87. The third kappa shape index (κ3) is 4.83. The van der Waals surface area contributed by atoms with Gasteiger partial charge in [0.25, 0.3) is 0 Å². The third-order valence-electron chi connectivity index (χ3n) is 4.37. The van der Waals surface area contributed by atoms with Crippen molar-refractivity contribution in [2.24, 2.45) is 0 Å². The molecule has 0 saturated heterocycles. The van der Waals surface area contributed by atoms with Gasteiger partial charge in [0.15, 0.2) is 5.65 Å². The second kappa shape index (κ2) is 8.79. The Kier molecular flexibility index (Phi) is 6.20. The van der Waals surface area contributed by atoms with Crippen LogP contribution in [0.4, 0.5) is 10.5 Å². The number of hydrogen-bond acceptors (Lipinski definition) is 5. The Morgan fingerprint density at radius 3 is 2.71 bits per heavy atom. The highest BCUT2D eigenvalue weighted by Gasteiger charge is 2.16. The number of rotatable bonds is 7. The van der Waals surface area contributed by atoms with E-state index < -0.39 is 0 Å². The van der Waals surface area contributed by atoms with Crippen molar-refractivity contribution in [3.63, 3.8) is 0 Å². The van der Waals surface area contributed by atoms with Crippen LogP contribution in [0.15, 0.2) is 43.0 Å². The molecule has 0 radical (unpaired) electrons. The zero-order valence-electron chi connectivity index (χ0n) is 16.8. The molecule has 3 heterocycles. The second-order valence-corrected chi connectivity index (χ2v) is 7.34. The van der Waals surface area contributed by atoms with Crippen LogP contribution in [0.1, 0.15) is 25.5 Å². The lowest BCUT2D eigenvalue weighted by Gasteiger charge is -2.24. The van der Waals surface area contributed by atoms with E-state index in [-0.39, 0.29) is 12.1 Å². The van der Waals surface area contributed by atoms with E-state index in [1.165, 1.54) is 0 Å². The third-order valence-corrected chi connectivity index (χ3v) is 4.37. The Balaban J connectivity index is 1.75. The van der Waals surface area contributed by atoms with Crippen LogP contribution in [-0.4, -0.2) is 62.8 Å². The summed E-state index contributed by atoms with van der Waals surface area (Å²) in [6.45, 7) is 5.99. The fourth-order valence-corrected chi connectivity index (χ4v) is 2.87. The number of nitrogens with one attached hydrogen (secondary N) is 1. The van der Waals surface area contributed by atoms with Gasteiger partial charge in [0.2, 0.25) is 0 Å². The van der Waals surface area contributed by atoms with E-state index in [4.69, 9.17) is 0 Å². The Morgan fingerprint density at radius 1 is 1.21 bits per heavy atom. The monoisotopic (exact) mass is 381 g/mol. The zero-order chi connectivity index (χ0) is 20.1. The van der Waals surface area contributed by atoms with E-state index in [9.17, 15) is 4.79 Å². The van der Waals surface area contributed by atoms with Gasteiger partial charge in [-0.3, -0.25) is 4.98 Å². The number of likely N-dealkylation sites (N-methyl/N-ethyl adjacent to an activating group) is 1. The highest BCUT2D eigenvalue weighted by Crippen LogP contribution is 2.19. The molecule has 0 aliphatic carbocycles. The molecule has 3 rings (SSSR count). The van der Waals surface area contributed by atoms with Crippen molar-refractivity contribution < 1.29 is 4.79 Å². The van der Waals surface area contributed by atoms with Gasteiger partial charge in [-0.25, -0.2) is 14.5 Å². The van der Waals surface area contributed by atoms with Gasteiger partial charge in [0, 0.05) is 43.5 Å². The quantitative estimate of drug-likeness (QED) is 0.681. The molecule has 3 aromatic rings. The van der Waals surface area contributed by atoms with Crippen LogP contribution in [0.3, 0.4) is 0 Å². The number of fused-ring (bicyclic) bond motifs is 1. The molecule has 0 unspecified atom stereocenters. The molecule has 0 aromatic carbocycles. The number of hydrogen-bond donors (Lipinski definition) is 1.